The van der Waals surface area contributed by atoms with Crippen molar-refractivity contribution in [1.29, 1.82) is 0 Å². The highest BCUT2D eigenvalue weighted by Gasteiger charge is 2.64. The molecule has 0 aromatic heterocycles. The van der Waals surface area contributed by atoms with Crippen molar-refractivity contribution in [3.63, 3.8) is 0 Å². The Labute approximate surface area is 574 Å². The van der Waals surface area contributed by atoms with Crippen LogP contribution < -0.4 is 9.47 Å². The highest BCUT2D eigenvalue weighted by atomic mass is 16.5. The lowest BCUT2D eigenvalue weighted by molar-refractivity contribution is -0.117. The van der Waals surface area contributed by atoms with E-state index in [-0.39, 0.29) is 27.1 Å². The average molecular weight is 1290 g/mol. The first kappa shape index (κ1) is 78.6. The number of carbonyl (C=O) groups excluding carboxylic acids is 6. The maximum Gasteiger partial charge on any atom is 0.154 e. The Kier molecular flexibility index (Phi) is 28.3. The summed E-state index contributed by atoms with van der Waals surface area (Å²) in [6, 6.07) is 33.6. The Balaban J connectivity index is 0.000000207. The third-order valence-corrected chi connectivity index (χ3v) is 22.0. The molecule has 6 atom stereocenters. The minimum Gasteiger partial charge on any atom is -0.496 e. The lowest BCUT2D eigenvalue weighted by Gasteiger charge is -2.46. The van der Waals surface area contributed by atoms with Gasteiger partial charge in [0, 0.05) is 22.6 Å². The van der Waals surface area contributed by atoms with Crippen molar-refractivity contribution >= 4 is 49.9 Å². The molecule has 8 heteroatoms. The summed E-state index contributed by atoms with van der Waals surface area (Å²) in [5.41, 5.74) is 15.2. The number of carbonyl (C=O) groups is 6. The van der Waals surface area contributed by atoms with Gasteiger partial charge < -0.3 is 14.3 Å². The van der Waals surface area contributed by atoms with E-state index in [0.29, 0.717) is 46.3 Å². The van der Waals surface area contributed by atoms with Crippen LogP contribution in [0.1, 0.15) is 277 Å². The van der Waals surface area contributed by atoms with Crippen molar-refractivity contribution in [2.75, 3.05) is 13.7 Å². The van der Waals surface area contributed by atoms with Gasteiger partial charge in [0.05, 0.1) is 12.7 Å². The molecule has 6 unspecified atom stereocenters. The second-order valence-corrected chi connectivity index (χ2v) is 32.2. The van der Waals surface area contributed by atoms with Gasteiger partial charge in [-0.05, 0) is 226 Å². The van der Waals surface area contributed by atoms with Crippen molar-refractivity contribution in [2.24, 2.45) is 40.4 Å². The zero-order valence-electron chi connectivity index (χ0n) is 61.8. The Morgan fingerprint density at radius 3 is 1.80 bits per heavy atom. The van der Waals surface area contributed by atoms with Crippen LogP contribution >= 0.6 is 0 Å². The fourth-order valence-corrected chi connectivity index (χ4v) is 16.0. The summed E-state index contributed by atoms with van der Waals surface area (Å²) in [6.07, 6.45) is 27.3. The van der Waals surface area contributed by atoms with Crippen molar-refractivity contribution < 1.29 is 38.2 Å². The van der Waals surface area contributed by atoms with E-state index < -0.39 is 0 Å². The summed E-state index contributed by atoms with van der Waals surface area (Å²) in [7, 11) is 1.67. The van der Waals surface area contributed by atoms with Gasteiger partial charge >= 0.3 is 0 Å². The second-order valence-electron chi connectivity index (χ2n) is 32.2. The topological polar surface area (TPSA) is 121 Å². The Hall–Kier alpha value is -7.06. The van der Waals surface area contributed by atoms with E-state index in [1.807, 2.05) is 74.5 Å². The van der Waals surface area contributed by atoms with E-state index in [4.69, 9.17) is 9.47 Å². The molecule has 4 bridgehead atoms. The van der Waals surface area contributed by atoms with Gasteiger partial charge in [-0.2, -0.15) is 0 Å². The van der Waals surface area contributed by atoms with Crippen LogP contribution in [-0.4, -0.2) is 51.4 Å². The van der Waals surface area contributed by atoms with Crippen LogP contribution in [-0.2, 0) is 41.5 Å². The molecule has 5 aliphatic carbocycles. The first-order valence-electron chi connectivity index (χ1n) is 35.2. The molecule has 5 aromatic carbocycles. The van der Waals surface area contributed by atoms with Crippen molar-refractivity contribution in [3.05, 3.63) is 188 Å². The standard InChI is InChI=1S/C17H24O2.C16H22O.C15H24O.C15H20O.C14H18O.C10H10O2/c1-11-9-13-14(15(19-6)12(11)10-18)17(4,5)8-7-16(13,2)3;1-11-9-15(2,3)13-7-6-12(10-17)8-14(13)16(11,4)5;1-14(2)7-4-8-15(3)11-6-5-10(13(11)14)12(15)9-16;1-2-3-4-6-11-15(13-16)12-14-9-7-5-8-10-14;1-11(10-15)9-12-5-7-13(8-6-12)14(2,3)4;1-2-7-12-10-5-3-9(8-11)4-6-10/h9-10H,7-8H2,1-6H3;6-8,10-11H,9H2,1-5H3;9-13H,4-8H2,1-3H3;5,7-10,12-13H,2-4,6,11H2,1H3;5-10H,1-4H3;2-6,8H,1,7H2/b;;;15-12+;11-9+;. The first-order valence-corrected chi connectivity index (χ1v) is 35.2. The molecular weight excluding hydrogens is 1170 g/mol. The maximum absolute atomic E-state index is 11.5. The molecule has 95 heavy (non-hydrogen) atoms. The molecule has 0 saturated heterocycles. The normalized spacial score (nSPS) is 22.5. The fourth-order valence-electron chi connectivity index (χ4n) is 16.0. The molecule has 0 spiro atoms. The van der Waals surface area contributed by atoms with Gasteiger partial charge in [-0.15, -0.1) is 0 Å². The fraction of sp³-hybridized carbons (Fsp3) is 0.517. The molecule has 8 nitrogen and oxygen atoms in total. The molecule has 0 N–H and O–H groups in total. The molecule has 0 radical (unpaired) electrons. The van der Waals surface area contributed by atoms with Gasteiger partial charge in [0.2, 0.25) is 0 Å². The maximum atomic E-state index is 11.5. The zero-order valence-corrected chi connectivity index (χ0v) is 61.8. The van der Waals surface area contributed by atoms with Crippen LogP contribution in [0.4, 0.5) is 0 Å². The third-order valence-electron chi connectivity index (χ3n) is 22.0. The van der Waals surface area contributed by atoms with Gasteiger partial charge in [-0.3, -0.25) is 24.0 Å². The number of fused-ring (bicyclic) bond motifs is 2. The average Bonchev–Trinajstić information content (AvgIpc) is 1.62. The van der Waals surface area contributed by atoms with Gasteiger partial charge in [-0.25, -0.2) is 0 Å². The smallest absolute Gasteiger partial charge is 0.154 e. The molecule has 5 aliphatic rings. The van der Waals surface area contributed by atoms with Gasteiger partial charge in [-0.1, -0.05) is 222 Å². The molecule has 0 heterocycles. The minimum absolute atomic E-state index is 0.0572. The van der Waals surface area contributed by atoms with Crippen LogP contribution in [0.5, 0.6) is 11.5 Å². The number of allylic oxidation sites excluding steroid dienone is 2. The van der Waals surface area contributed by atoms with Gasteiger partial charge in [0.15, 0.2) is 6.29 Å². The van der Waals surface area contributed by atoms with Crippen LogP contribution in [0.3, 0.4) is 0 Å². The summed E-state index contributed by atoms with van der Waals surface area (Å²) in [5, 5.41) is 0. The predicted octanol–water partition coefficient (Wildman–Crippen LogP) is 21.8. The van der Waals surface area contributed by atoms with E-state index in [1.54, 1.807) is 37.5 Å². The number of hydrogen-bond donors (Lipinski definition) is 0. The van der Waals surface area contributed by atoms with Crippen LogP contribution in [0.2, 0.25) is 0 Å². The molecule has 0 aliphatic heterocycles. The molecule has 5 aromatic rings. The number of hydrogen-bond acceptors (Lipinski definition) is 8. The molecule has 3 fully saturated rings. The molecule has 514 valence electrons. The number of methoxy groups -OCH3 is 1. The lowest BCUT2D eigenvalue weighted by Crippen LogP contribution is -2.40. The number of ether oxygens (including phenoxy) is 2. The van der Waals surface area contributed by atoms with E-state index in [0.717, 1.165) is 114 Å². The Bertz CT molecular complexity index is 3420. The Morgan fingerprint density at radius 1 is 0.632 bits per heavy atom. The van der Waals surface area contributed by atoms with E-state index >= 15 is 0 Å². The van der Waals surface area contributed by atoms with Crippen LogP contribution in [0, 0.1) is 47.3 Å². The van der Waals surface area contributed by atoms with Crippen LogP contribution in [0.15, 0.2) is 127 Å². The predicted molar refractivity (Wildman–Crippen MR) is 397 cm³/mol. The van der Waals surface area contributed by atoms with E-state index in [2.05, 4.69) is 148 Å². The molecule has 3 saturated carbocycles. The molecular formula is C87H118O8. The largest absolute Gasteiger partial charge is 0.496 e. The molecule has 0 amide bonds. The number of unbranched alkanes of at least 4 members (excludes halogenated alkanes) is 3. The quantitative estimate of drug-likeness (QED) is 0.0391. The van der Waals surface area contributed by atoms with Crippen molar-refractivity contribution in [3.8, 4) is 11.5 Å². The summed E-state index contributed by atoms with van der Waals surface area (Å²) < 4.78 is 10.8. The van der Waals surface area contributed by atoms with Gasteiger partial charge in [0.25, 0.3) is 0 Å². The number of rotatable bonds is 17. The highest BCUT2D eigenvalue weighted by molar-refractivity contribution is 5.84. The van der Waals surface area contributed by atoms with Gasteiger partial charge in [0.1, 0.15) is 49.5 Å². The Morgan fingerprint density at radius 2 is 1.24 bits per heavy atom. The summed E-state index contributed by atoms with van der Waals surface area (Å²) in [5.74, 6) is 4.91. The second kappa shape index (κ2) is 34.2. The summed E-state index contributed by atoms with van der Waals surface area (Å²) >= 11 is 0. The third kappa shape index (κ3) is 20.0. The van der Waals surface area contributed by atoms with Crippen LogP contribution in [0.25, 0.3) is 12.2 Å². The lowest BCUT2D eigenvalue weighted by atomic mass is 9.58. The number of aryl methyl sites for hydroxylation is 1. The van der Waals surface area contributed by atoms with E-state index in [1.165, 1.54) is 91.9 Å². The molecule has 10 rings (SSSR count). The van der Waals surface area contributed by atoms with Crippen molar-refractivity contribution in [2.45, 2.75) is 235 Å². The minimum atomic E-state index is 0.0572. The number of aldehydes is 6. The first-order chi connectivity index (χ1) is 44.7. The summed E-state index contributed by atoms with van der Waals surface area (Å²) in [4.78, 5) is 65.4. The van der Waals surface area contributed by atoms with Crippen molar-refractivity contribution in [1.82, 2.24) is 0 Å². The number of benzene rings is 5. The van der Waals surface area contributed by atoms with E-state index in [9.17, 15) is 28.8 Å². The highest BCUT2D eigenvalue weighted by Crippen LogP contribution is 2.70. The summed E-state index contributed by atoms with van der Waals surface area (Å²) in [6.45, 7) is 44.4. The zero-order chi connectivity index (χ0) is 70.7. The monoisotopic (exact) mass is 1290 g/mol. The SMILES string of the molecule is C/C(C=O)=C\c1ccc(C(C)(C)C)cc1.C=CCOc1ccc(C=O)cc1.CC1(C)CCCC2(C)C(C=O)C3CCC2C31.CC1CC(C)(C)c2ccc(C=O)cc2C1(C)C.CCCCCC/C(C=O)=C\c1ccccc1.COc1c(C=O)c(C)cc2c1C(C)(C)CCC2(C)C.